The summed E-state index contributed by atoms with van der Waals surface area (Å²) in [5.74, 6) is -0.245. The zero-order valence-electron chi connectivity index (χ0n) is 10.6. The average Bonchev–Trinajstić information content (AvgIpc) is 2.46. The van der Waals surface area contributed by atoms with Gasteiger partial charge in [0.05, 0.1) is 19.3 Å². The van der Waals surface area contributed by atoms with Crippen LogP contribution in [0.15, 0.2) is 24.3 Å². The summed E-state index contributed by atoms with van der Waals surface area (Å²) in [7, 11) is 0. The molecule has 1 aromatic rings. The molecule has 0 spiro atoms. The number of ketones is 1. The van der Waals surface area contributed by atoms with E-state index in [1.165, 1.54) is 11.8 Å². The minimum Gasteiger partial charge on any atom is -0.376 e. The van der Waals surface area contributed by atoms with Crippen molar-refractivity contribution in [3.8, 4) is 6.07 Å². The number of nitriles is 1. The number of morpholine rings is 1. The third kappa shape index (κ3) is 2.80. The van der Waals surface area contributed by atoms with E-state index in [0.29, 0.717) is 24.3 Å². The second-order valence-corrected chi connectivity index (χ2v) is 4.35. The van der Waals surface area contributed by atoms with Crippen molar-refractivity contribution in [1.29, 1.82) is 5.26 Å². The monoisotopic (exact) mass is 258 g/mol. The first kappa shape index (κ1) is 13.2. The zero-order chi connectivity index (χ0) is 13.8. The van der Waals surface area contributed by atoms with Gasteiger partial charge in [-0.15, -0.1) is 0 Å². The first-order valence-electron chi connectivity index (χ1n) is 6.03. The van der Waals surface area contributed by atoms with Gasteiger partial charge in [-0.05, 0) is 19.1 Å². The van der Waals surface area contributed by atoms with Crippen LogP contribution in [0.4, 0.5) is 0 Å². The van der Waals surface area contributed by atoms with Crippen molar-refractivity contribution in [1.82, 2.24) is 4.90 Å². The molecule has 0 bridgehead atoms. The van der Waals surface area contributed by atoms with Crippen LogP contribution in [0.3, 0.4) is 0 Å². The highest BCUT2D eigenvalue weighted by molar-refractivity contribution is 5.98. The Labute approximate surface area is 111 Å². The number of carbonyl (C=O) groups is 2. The maximum atomic E-state index is 12.3. The fourth-order valence-electron chi connectivity index (χ4n) is 1.97. The highest BCUT2D eigenvalue weighted by Crippen LogP contribution is 2.13. The van der Waals surface area contributed by atoms with Crippen molar-refractivity contribution >= 4 is 11.7 Å². The summed E-state index contributed by atoms with van der Waals surface area (Å²) in [6, 6.07) is 7.99. The fourth-order valence-corrected chi connectivity index (χ4v) is 1.97. The van der Waals surface area contributed by atoms with Gasteiger partial charge in [-0.3, -0.25) is 9.59 Å². The molecule has 2 rings (SSSR count). The third-order valence-electron chi connectivity index (χ3n) is 3.08. The predicted molar refractivity (Wildman–Crippen MR) is 67.7 cm³/mol. The van der Waals surface area contributed by atoms with Gasteiger partial charge in [-0.25, -0.2) is 0 Å². The van der Waals surface area contributed by atoms with E-state index in [1.54, 1.807) is 24.3 Å². The van der Waals surface area contributed by atoms with Gasteiger partial charge in [-0.2, -0.15) is 5.26 Å². The first-order valence-corrected chi connectivity index (χ1v) is 6.03. The van der Waals surface area contributed by atoms with Crippen LogP contribution in [0.2, 0.25) is 0 Å². The molecule has 5 nitrogen and oxygen atoms in total. The summed E-state index contributed by atoms with van der Waals surface area (Å²) in [4.78, 5) is 25.0. The van der Waals surface area contributed by atoms with Gasteiger partial charge >= 0.3 is 0 Å². The number of carbonyl (C=O) groups excluding carboxylic acids is 2. The summed E-state index contributed by atoms with van der Waals surface area (Å²) < 4.78 is 5.18. The van der Waals surface area contributed by atoms with Crippen LogP contribution < -0.4 is 0 Å². The Bertz CT molecular complexity index is 531. The molecule has 0 unspecified atom stereocenters. The summed E-state index contributed by atoms with van der Waals surface area (Å²) in [6.45, 7) is 2.57. The number of amides is 1. The molecule has 1 saturated heterocycles. The van der Waals surface area contributed by atoms with E-state index in [1.807, 2.05) is 0 Å². The molecule has 1 heterocycles. The molecule has 0 N–H and O–H groups in total. The molecule has 5 heteroatoms. The Morgan fingerprint density at radius 1 is 1.32 bits per heavy atom. The fraction of sp³-hybridized carbons (Fsp3) is 0.357. The standard InChI is InChI=1S/C14H14N2O3/c1-10(17)11-2-4-12(5-3-11)14(18)16-6-7-19-9-13(16)8-15/h2-5,13H,6-7,9H2,1H3/t13-/m1/s1. The number of Topliss-reactive ketones (excluding diaryl/α,β-unsaturated/α-hetero) is 1. The number of benzene rings is 1. The predicted octanol–water partition coefficient (Wildman–Crippen LogP) is 1.25. The van der Waals surface area contributed by atoms with Crippen LogP contribution in [0, 0.1) is 11.3 Å². The molecule has 0 aromatic heterocycles. The van der Waals surface area contributed by atoms with Gasteiger partial charge in [-0.1, -0.05) is 12.1 Å². The minimum absolute atomic E-state index is 0.0414. The second-order valence-electron chi connectivity index (χ2n) is 4.35. The van der Waals surface area contributed by atoms with Crippen LogP contribution in [0.25, 0.3) is 0 Å². The van der Waals surface area contributed by atoms with E-state index in [9.17, 15) is 9.59 Å². The van der Waals surface area contributed by atoms with E-state index < -0.39 is 6.04 Å². The largest absolute Gasteiger partial charge is 0.376 e. The molecule has 1 amide bonds. The Balaban J connectivity index is 2.19. The number of hydrogen-bond donors (Lipinski definition) is 0. The Kier molecular flexibility index (Phi) is 3.93. The van der Waals surface area contributed by atoms with E-state index >= 15 is 0 Å². The highest BCUT2D eigenvalue weighted by Gasteiger charge is 2.27. The van der Waals surface area contributed by atoms with Crippen molar-refractivity contribution in [2.45, 2.75) is 13.0 Å². The summed E-state index contributed by atoms with van der Waals surface area (Å²) in [6.07, 6.45) is 0. The number of nitrogens with zero attached hydrogens (tertiary/aromatic N) is 2. The van der Waals surface area contributed by atoms with Crippen LogP contribution in [0.5, 0.6) is 0 Å². The van der Waals surface area contributed by atoms with Crippen LogP contribution >= 0.6 is 0 Å². The van der Waals surface area contributed by atoms with Gasteiger partial charge in [0.25, 0.3) is 5.91 Å². The lowest BCUT2D eigenvalue weighted by molar-refractivity contribution is 0.0132. The summed E-state index contributed by atoms with van der Waals surface area (Å²) in [5, 5.41) is 9.01. The van der Waals surface area contributed by atoms with Gasteiger partial charge in [0.2, 0.25) is 0 Å². The van der Waals surface area contributed by atoms with Crippen LogP contribution in [-0.2, 0) is 4.74 Å². The Morgan fingerprint density at radius 2 is 1.95 bits per heavy atom. The van der Waals surface area contributed by atoms with E-state index in [0.717, 1.165) is 0 Å². The van der Waals surface area contributed by atoms with Gasteiger partial charge in [0.15, 0.2) is 5.78 Å². The minimum atomic E-state index is -0.547. The molecule has 1 atom stereocenters. The smallest absolute Gasteiger partial charge is 0.255 e. The molecular weight excluding hydrogens is 244 g/mol. The van der Waals surface area contributed by atoms with Crippen LogP contribution in [0.1, 0.15) is 27.6 Å². The lowest BCUT2D eigenvalue weighted by Crippen LogP contribution is -2.47. The summed E-state index contributed by atoms with van der Waals surface area (Å²) >= 11 is 0. The van der Waals surface area contributed by atoms with E-state index in [-0.39, 0.29) is 18.3 Å². The maximum Gasteiger partial charge on any atom is 0.255 e. The number of hydrogen-bond acceptors (Lipinski definition) is 4. The molecule has 0 aliphatic carbocycles. The maximum absolute atomic E-state index is 12.3. The molecule has 0 saturated carbocycles. The van der Waals surface area contributed by atoms with Crippen molar-refractivity contribution < 1.29 is 14.3 Å². The van der Waals surface area contributed by atoms with Crippen LogP contribution in [-0.4, -0.2) is 42.4 Å². The first-order chi connectivity index (χ1) is 9.13. The Morgan fingerprint density at radius 3 is 2.53 bits per heavy atom. The van der Waals surface area contributed by atoms with Crippen molar-refractivity contribution in [2.75, 3.05) is 19.8 Å². The van der Waals surface area contributed by atoms with E-state index in [4.69, 9.17) is 10.00 Å². The van der Waals surface area contributed by atoms with E-state index in [2.05, 4.69) is 6.07 Å². The SMILES string of the molecule is CC(=O)c1ccc(C(=O)N2CCOC[C@H]2C#N)cc1. The Hall–Kier alpha value is -2.19. The lowest BCUT2D eigenvalue weighted by atomic mass is 10.1. The normalized spacial score (nSPS) is 18.7. The molecular formula is C14H14N2O3. The molecule has 1 aliphatic rings. The van der Waals surface area contributed by atoms with Crippen molar-refractivity contribution in [3.63, 3.8) is 0 Å². The van der Waals surface area contributed by atoms with Crippen molar-refractivity contribution in [3.05, 3.63) is 35.4 Å². The number of rotatable bonds is 2. The van der Waals surface area contributed by atoms with Crippen molar-refractivity contribution in [2.24, 2.45) is 0 Å². The molecule has 1 aliphatic heterocycles. The molecule has 1 fully saturated rings. The van der Waals surface area contributed by atoms with Gasteiger partial charge in [0.1, 0.15) is 6.04 Å². The molecule has 0 radical (unpaired) electrons. The van der Waals surface area contributed by atoms with Gasteiger partial charge in [0, 0.05) is 17.7 Å². The quantitative estimate of drug-likeness (QED) is 0.749. The van der Waals surface area contributed by atoms with Gasteiger partial charge < -0.3 is 9.64 Å². The molecule has 19 heavy (non-hydrogen) atoms. The topological polar surface area (TPSA) is 70.4 Å². The average molecular weight is 258 g/mol. The molecule has 1 aromatic carbocycles. The highest BCUT2D eigenvalue weighted by atomic mass is 16.5. The summed E-state index contributed by atoms with van der Waals surface area (Å²) in [5.41, 5.74) is 1.04. The zero-order valence-corrected chi connectivity index (χ0v) is 10.6. The number of ether oxygens (including phenoxy) is 1. The lowest BCUT2D eigenvalue weighted by Gasteiger charge is -2.31. The third-order valence-corrected chi connectivity index (χ3v) is 3.08. The second kappa shape index (κ2) is 5.63. The molecule has 98 valence electrons.